The van der Waals surface area contributed by atoms with Gasteiger partial charge in [0.15, 0.2) is 0 Å². The highest BCUT2D eigenvalue weighted by Crippen LogP contribution is 2.41. The second-order valence-electron chi connectivity index (χ2n) is 6.85. The minimum absolute atomic E-state index is 0.184. The smallest absolute Gasteiger partial charge is 0.119 e. The second-order valence-corrected chi connectivity index (χ2v) is 6.85. The zero-order valence-corrected chi connectivity index (χ0v) is 14.3. The third-order valence-corrected chi connectivity index (χ3v) is 5.71. The number of nitrogens with zero attached hydrogens (tertiary/aromatic N) is 2. The molecular weight excluding hydrogens is 300 g/mol. The molecular formula is C20H24N2O2. The Morgan fingerprint density at radius 2 is 2.25 bits per heavy atom. The molecule has 1 aromatic carbocycles. The van der Waals surface area contributed by atoms with Crippen molar-refractivity contribution >= 4 is 10.9 Å². The van der Waals surface area contributed by atoms with E-state index in [0.29, 0.717) is 5.92 Å². The molecule has 0 amide bonds. The van der Waals surface area contributed by atoms with Crippen molar-refractivity contribution in [2.75, 3.05) is 20.2 Å². The summed E-state index contributed by atoms with van der Waals surface area (Å²) in [7, 11) is 1.66. The number of hydrogen-bond acceptors (Lipinski definition) is 4. The van der Waals surface area contributed by atoms with Gasteiger partial charge in [-0.25, -0.2) is 0 Å². The number of rotatable bonds is 3. The zero-order valence-electron chi connectivity index (χ0n) is 14.3. The van der Waals surface area contributed by atoms with Gasteiger partial charge in [0.25, 0.3) is 0 Å². The first kappa shape index (κ1) is 15.6. The summed E-state index contributed by atoms with van der Waals surface area (Å²) < 4.78 is 5.35. The van der Waals surface area contributed by atoms with Crippen LogP contribution in [0, 0.1) is 5.92 Å². The molecule has 2 aromatic rings. The monoisotopic (exact) mass is 324 g/mol. The molecule has 5 rings (SSSR count). The fourth-order valence-electron chi connectivity index (χ4n) is 4.34. The fourth-order valence-corrected chi connectivity index (χ4v) is 4.34. The van der Waals surface area contributed by atoms with Gasteiger partial charge < -0.3 is 9.84 Å². The van der Waals surface area contributed by atoms with E-state index < -0.39 is 6.10 Å². The van der Waals surface area contributed by atoms with Crippen molar-refractivity contribution in [1.29, 1.82) is 0 Å². The van der Waals surface area contributed by atoms with Gasteiger partial charge in [-0.1, -0.05) is 11.6 Å². The van der Waals surface area contributed by atoms with Crippen molar-refractivity contribution in [3.63, 3.8) is 0 Å². The maximum absolute atomic E-state index is 11.2. The Morgan fingerprint density at radius 1 is 1.38 bits per heavy atom. The first-order valence-electron chi connectivity index (χ1n) is 8.71. The number of aromatic nitrogens is 1. The van der Waals surface area contributed by atoms with Crippen molar-refractivity contribution < 1.29 is 9.84 Å². The average Bonchev–Trinajstić information content (AvgIpc) is 2.66. The number of benzene rings is 1. The van der Waals surface area contributed by atoms with Gasteiger partial charge in [0.2, 0.25) is 0 Å². The van der Waals surface area contributed by atoms with Gasteiger partial charge in [0, 0.05) is 24.2 Å². The fraction of sp³-hybridized carbons (Fsp3) is 0.450. The van der Waals surface area contributed by atoms with Crippen LogP contribution in [0.1, 0.15) is 31.4 Å². The molecule has 3 aliphatic heterocycles. The lowest BCUT2D eigenvalue weighted by Gasteiger charge is -2.48. The van der Waals surface area contributed by atoms with Crippen LogP contribution >= 0.6 is 0 Å². The predicted molar refractivity (Wildman–Crippen MR) is 95.1 cm³/mol. The molecule has 0 radical (unpaired) electrons. The maximum Gasteiger partial charge on any atom is 0.119 e. The molecule has 0 aliphatic carbocycles. The number of hydrogen-bond donors (Lipinski definition) is 1. The minimum Gasteiger partial charge on any atom is -0.497 e. The first-order chi connectivity index (χ1) is 11.7. The Kier molecular flexibility index (Phi) is 4.02. The number of pyridine rings is 1. The molecule has 3 fully saturated rings. The van der Waals surface area contributed by atoms with E-state index in [2.05, 4.69) is 22.9 Å². The summed E-state index contributed by atoms with van der Waals surface area (Å²) >= 11 is 0. The van der Waals surface area contributed by atoms with Gasteiger partial charge in [-0.15, -0.1) is 0 Å². The second kappa shape index (κ2) is 6.19. The van der Waals surface area contributed by atoms with Crippen LogP contribution in [-0.2, 0) is 0 Å². The third-order valence-electron chi connectivity index (χ3n) is 5.71. The van der Waals surface area contributed by atoms with Crippen LogP contribution in [0.4, 0.5) is 0 Å². The van der Waals surface area contributed by atoms with Crippen LogP contribution in [0.2, 0.25) is 0 Å². The molecule has 0 saturated carbocycles. The van der Waals surface area contributed by atoms with Crippen molar-refractivity contribution in [2.24, 2.45) is 5.92 Å². The zero-order chi connectivity index (χ0) is 16.7. The molecule has 4 nitrogen and oxygen atoms in total. The number of piperidine rings is 3. The van der Waals surface area contributed by atoms with E-state index in [1.54, 1.807) is 13.3 Å². The highest BCUT2D eigenvalue weighted by molar-refractivity contribution is 5.83. The van der Waals surface area contributed by atoms with Gasteiger partial charge in [-0.05, 0) is 62.1 Å². The lowest BCUT2D eigenvalue weighted by molar-refractivity contribution is -0.00340. The summed E-state index contributed by atoms with van der Waals surface area (Å²) in [5.74, 6) is 1.42. The van der Waals surface area contributed by atoms with E-state index in [1.807, 2.05) is 24.3 Å². The highest BCUT2D eigenvalue weighted by atomic mass is 16.5. The van der Waals surface area contributed by atoms with Crippen LogP contribution in [0.25, 0.3) is 10.9 Å². The predicted octanol–water partition coefficient (Wildman–Crippen LogP) is 3.32. The van der Waals surface area contributed by atoms with Gasteiger partial charge in [0.05, 0.1) is 18.7 Å². The molecule has 2 bridgehead atoms. The lowest BCUT2D eigenvalue weighted by atomic mass is 9.76. The van der Waals surface area contributed by atoms with E-state index in [9.17, 15) is 5.11 Å². The van der Waals surface area contributed by atoms with E-state index in [-0.39, 0.29) is 6.04 Å². The van der Waals surface area contributed by atoms with Crippen molar-refractivity contribution in [3.05, 3.63) is 47.7 Å². The van der Waals surface area contributed by atoms with Crippen LogP contribution in [0.5, 0.6) is 5.75 Å². The van der Waals surface area contributed by atoms with E-state index in [0.717, 1.165) is 41.7 Å². The van der Waals surface area contributed by atoms with E-state index >= 15 is 0 Å². The molecule has 126 valence electrons. The molecule has 4 atom stereocenters. The summed E-state index contributed by atoms with van der Waals surface area (Å²) in [5.41, 5.74) is 3.39. The number of ether oxygens (including phenoxy) is 1. The van der Waals surface area contributed by atoms with Gasteiger partial charge >= 0.3 is 0 Å². The molecule has 0 spiro atoms. The van der Waals surface area contributed by atoms with E-state index in [1.165, 1.54) is 12.0 Å². The minimum atomic E-state index is -0.496. The van der Waals surface area contributed by atoms with Crippen LogP contribution in [0.15, 0.2) is 42.1 Å². The van der Waals surface area contributed by atoms with Crippen molar-refractivity contribution in [1.82, 2.24) is 9.88 Å². The average molecular weight is 324 g/mol. The molecule has 1 N–H and O–H groups in total. The first-order valence-corrected chi connectivity index (χ1v) is 8.71. The summed E-state index contributed by atoms with van der Waals surface area (Å²) in [6, 6.07) is 7.98. The Balaban J connectivity index is 1.70. The standard InChI is InChI=1S/C20H24N2O2/c1-3-13-12-22-9-7-14(13)10-19(22)20(23)16-6-8-21-18-5-4-15(24-2)11-17(16)18/h3-6,8,11,14,19-20,23H,7,9-10,12H2,1-2H3/b13-3+/t14-,19-,20+/m0/s1. The normalized spacial score (nSPS) is 29.1. The number of methoxy groups -OCH3 is 1. The van der Waals surface area contributed by atoms with Crippen molar-refractivity contribution in [2.45, 2.75) is 31.9 Å². The summed E-state index contributed by atoms with van der Waals surface area (Å²) in [6.07, 6.45) is 5.80. The van der Waals surface area contributed by atoms with Crippen molar-refractivity contribution in [3.8, 4) is 5.75 Å². The molecule has 4 heteroatoms. The highest BCUT2D eigenvalue weighted by Gasteiger charge is 2.40. The van der Waals surface area contributed by atoms with E-state index in [4.69, 9.17) is 4.74 Å². The maximum atomic E-state index is 11.2. The molecule has 3 saturated heterocycles. The third kappa shape index (κ3) is 2.50. The summed E-state index contributed by atoms with van der Waals surface area (Å²) in [4.78, 5) is 6.87. The lowest BCUT2D eigenvalue weighted by Crippen LogP contribution is -2.52. The molecule has 1 unspecified atom stereocenters. The Morgan fingerprint density at radius 3 is 2.96 bits per heavy atom. The van der Waals surface area contributed by atoms with Gasteiger partial charge in [-0.2, -0.15) is 0 Å². The number of allylic oxidation sites excluding steroid dienone is 1. The van der Waals surface area contributed by atoms with Gasteiger partial charge in [-0.3, -0.25) is 9.88 Å². The number of aliphatic hydroxyl groups is 1. The summed E-state index contributed by atoms with van der Waals surface area (Å²) in [5, 5.41) is 12.1. The number of fused-ring (bicyclic) bond motifs is 4. The van der Waals surface area contributed by atoms with Gasteiger partial charge in [0.1, 0.15) is 5.75 Å². The van der Waals surface area contributed by atoms with Crippen LogP contribution in [0.3, 0.4) is 0 Å². The SMILES string of the molecule is C/C=C1\CN2CC[C@H]1C[C@H]2[C@H](O)c1ccnc2ccc(OC)cc12. The Hall–Kier alpha value is -1.91. The molecule has 3 aliphatic rings. The molecule has 1 aromatic heterocycles. The molecule has 24 heavy (non-hydrogen) atoms. The Bertz CT molecular complexity index is 786. The number of aliphatic hydroxyl groups excluding tert-OH is 1. The quantitative estimate of drug-likeness (QED) is 0.880. The van der Waals surface area contributed by atoms with Crippen LogP contribution in [-0.4, -0.2) is 41.2 Å². The summed E-state index contributed by atoms with van der Waals surface area (Å²) in [6.45, 7) is 4.20. The topological polar surface area (TPSA) is 45.6 Å². The Labute approximate surface area is 142 Å². The largest absolute Gasteiger partial charge is 0.497 e. The van der Waals surface area contributed by atoms with Crippen LogP contribution < -0.4 is 4.74 Å². The molecule has 4 heterocycles.